The van der Waals surface area contributed by atoms with E-state index >= 15 is 0 Å². The zero-order valence-corrected chi connectivity index (χ0v) is 54.0. The molecule has 10 heteroatoms. The van der Waals surface area contributed by atoms with Gasteiger partial charge in [-0.25, -0.2) is 0 Å². The summed E-state index contributed by atoms with van der Waals surface area (Å²) in [6, 6.07) is 0. The fourth-order valence-electron chi connectivity index (χ4n) is 8.69. The Morgan fingerprint density at radius 1 is 0.378 bits per heavy atom. The van der Waals surface area contributed by atoms with E-state index in [4.69, 9.17) is 18.5 Å². The molecule has 0 radical (unpaired) electrons. The number of likely N-dealkylation sites (N-methyl/N-ethyl adjacent to an activating group) is 1. The van der Waals surface area contributed by atoms with Crippen molar-refractivity contribution in [2.24, 2.45) is 0 Å². The summed E-state index contributed by atoms with van der Waals surface area (Å²) in [5.74, 6) is -0.857. The molecule has 0 aromatic heterocycles. The van der Waals surface area contributed by atoms with E-state index in [1.807, 2.05) is 21.1 Å². The molecular formula is C72H122NO8P. The van der Waals surface area contributed by atoms with Gasteiger partial charge in [0.25, 0.3) is 7.82 Å². The zero-order valence-electron chi connectivity index (χ0n) is 53.1. The van der Waals surface area contributed by atoms with Gasteiger partial charge in [-0.05, 0) is 109 Å². The first-order chi connectivity index (χ1) is 40.0. The summed E-state index contributed by atoms with van der Waals surface area (Å²) in [5.41, 5.74) is 0. The number of esters is 2. The number of ether oxygens (including phenoxy) is 2. The first-order valence-corrected chi connectivity index (χ1v) is 34.4. The quantitative estimate of drug-likeness (QED) is 0.0195. The molecule has 0 fully saturated rings. The number of phosphoric acid groups is 1. The van der Waals surface area contributed by atoms with Crippen molar-refractivity contribution in [3.8, 4) is 0 Å². The third kappa shape index (κ3) is 65.3. The lowest BCUT2D eigenvalue weighted by atomic mass is 10.0. The zero-order chi connectivity index (χ0) is 59.8. The lowest BCUT2D eigenvalue weighted by Crippen LogP contribution is -2.37. The molecule has 0 rings (SSSR count). The Hall–Kier alpha value is -3.85. The van der Waals surface area contributed by atoms with Gasteiger partial charge in [-0.3, -0.25) is 14.2 Å². The van der Waals surface area contributed by atoms with Gasteiger partial charge in [-0.2, -0.15) is 0 Å². The Morgan fingerprint density at radius 3 is 0.976 bits per heavy atom. The standard InChI is InChI=1S/C72H122NO8P/c1-6-8-10-12-14-16-18-20-22-24-26-28-29-30-31-32-33-34-35-36-37-38-39-40-41-42-43-45-47-49-51-53-55-57-59-61-63-65-72(75)81-70(69-80-82(76,77)79-67-66-73(3,4)5)68-78-71(74)64-62-60-58-56-54-52-50-48-46-44-27-25-23-21-19-17-15-13-11-9-7-2/h8-11,14-17,20-23,26-28,30-31,33-34,44,48,50,70H,6-7,12-13,18-19,24-25,29,32,35-43,45-47,49,51-69H2,1-5H3/b10-8-,11-9-,16-14-,17-15-,22-20-,23-21-,28-26-,31-30-,34-33-,44-27-,50-48-. The van der Waals surface area contributed by atoms with Crippen molar-refractivity contribution in [1.29, 1.82) is 0 Å². The van der Waals surface area contributed by atoms with Gasteiger partial charge in [0.15, 0.2) is 6.10 Å². The Labute approximate surface area is 504 Å². The van der Waals surface area contributed by atoms with E-state index in [0.717, 1.165) is 122 Å². The number of allylic oxidation sites excluding steroid dienone is 22. The number of hydrogen-bond donors (Lipinski definition) is 0. The number of carbonyl (C=O) groups excluding carboxylic acids is 2. The van der Waals surface area contributed by atoms with Gasteiger partial charge in [0.2, 0.25) is 0 Å². The molecule has 82 heavy (non-hydrogen) atoms. The van der Waals surface area contributed by atoms with Crippen LogP contribution in [0.5, 0.6) is 0 Å². The Morgan fingerprint density at radius 2 is 0.659 bits per heavy atom. The van der Waals surface area contributed by atoms with Crippen LogP contribution in [0.1, 0.15) is 258 Å². The summed E-state index contributed by atoms with van der Waals surface area (Å²) in [5, 5.41) is 0. The van der Waals surface area contributed by atoms with Crippen molar-refractivity contribution >= 4 is 19.8 Å². The minimum absolute atomic E-state index is 0.0395. The fourth-order valence-corrected chi connectivity index (χ4v) is 9.42. The van der Waals surface area contributed by atoms with Crippen LogP contribution in [0.4, 0.5) is 0 Å². The Kier molecular flexibility index (Phi) is 58.8. The third-order valence-electron chi connectivity index (χ3n) is 13.7. The van der Waals surface area contributed by atoms with Crippen LogP contribution in [-0.4, -0.2) is 70.0 Å². The van der Waals surface area contributed by atoms with Crippen LogP contribution in [-0.2, 0) is 32.7 Å². The molecule has 0 bridgehead atoms. The topological polar surface area (TPSA) is 111 Å². The summed E-state index contributed by atoms with van der Waals surface area (Å²) in [7, 11) is 1.14. The average molecular weight is 1160 g/mol. The van der Waals surface area contributed by atoms with E-state index in [-0.39, 0.29) is 26.1 Å². The highest BCUT2D eigenvalue weighted by Crippen LogP contribution is 2.38. The van der Waals surface area contributed by atoms with Crippen molar-refractivity contribution in [3.63, 3.8) is 0 Å². The molecule has 0 aromatic rings. The lowest BCUT2D eigenvalue weighted by Gasteiger charge is -2.28. The maximum atomic E-state index is 12.8. The summed E-state index contributed by atoms with van der Waals surface area (Å²) >= 11 is 0. The number of hydrogen-bond acceptors (Lipinski definition) is 8. The summed E-state index contributed by atoms with van der Waals surface area (Å²) < 4.78 is 34.2. The van der Waals surface area contributed by atoms with E-state index in [1.165, 1.54) is 96.3 Å². The second kappa shape index (κ2) is 61.7. The predicted octanol–water partition coefficient (Wildman–Crippen LogP) is 20.6. The molecule has 0 aliphatic carbocycles. The van der Waals surface area contributed by atoms with Crippen LogP contribution < -0.4 is 4.89 Å². The van der Waals surface area contributed by atoms with Gasteiger partial charge >= 0.3 is 11.9 Å². The van der Waals surface area contributed by atoms with Crippen molar-refractivity contribution in [1.82, 2.24) is 0 Å². The smallest absolute Gasteiger partial charge is 0.306 e. The number of rotatable bonds is 59. The van der Waals surface area contributed by atoms with E-state index in [1.54, 1.807) is 0 Å². The second-order valence-electron chi connectivity index (χ2n) is 22.7. The Bertz CT molecular complexity index is 1850. The van der Waals surface area contributed by atoms with E-state index in [9.17, 15) is 19.0 Å². The summed E-state index contributed by atoms with van der Waals surface area (Å²) in [6.45, 7) is 3.99. The number of phosphoric ester groups is 1. The second-order valence-corrected chi connectivity index (χ2v) is 24.1. The normalized spacial score (nSPS) is 14.1. The molecule has 0 saturated carbocycles. The van der Waals surface area contributed by atoms with Gasteiger partial charge < -0.3 is 27.9 Å². The van der Waals surface area contributed by atoms with Crippen LogP contribution in [0.3, 0.4) is 0 Å². The van der Waals surface area contributed by atoms with Gasteiger partial charge in [0, 0.05) is 12.8 Å². The van der Waals surface area contributed by atoms with Gasteiger partial charge in [-0.1, -0.05) is 270 Å². The Balaban J connectivity index is 4.07. The van der Waals surface area contributed by atoms with Crippen LogP contribution in [0, 0.1) is 0 Å². The number of unbranched alkanes of at least 4 members (excludes halogenated alkanes) is 23. The first-order valence-electron chi connectivity index (χ1n) is 32.9. The molecule has 0 amide bonds. The van der Waals surface area contributed by atoms with Crippen molar-refractivity contribution in [2.75, 3.05) is 47.5 Å². The van der Waals surface area contributed by atoms with Crippen LogP contribution in [0.15, 0.2) is 134 Å². The van der Waals surface area contributed by atoms with E-state index < -0.39 is 32.5 Å². The van der Waals surface area contributed by atoms with Crippen LogP contribution in [0.2, 0.25) is 0 Å². The van der Waals surface area contributed by atoms with E-state index in [0.29, 0.717) is 23.9 Å². The maximum absolute atomic E-state index is 12.8. The molecule has 9 nitrogen and oxygen atoms in total. The van der Waals surface area contributed by atoms with Crippen LogP contribution >= 0.6 is 7.82 Å². The number of carbonyl (C=O) groups is 2. The summed E-state index contributed by atoms with van der Waals surface area (Å²) in [6.07, 6.45) is 89.5. The highest BCUT2D eigenvalue weighted by molar-refractivity contribution is 7.45. The molecule has 0 aliphatic heterocycles. The molecule has 0 saturated heterocycles. The molecule has 468 valence electrons. The molecule has 0 heterocycles. The first kappa shape index (κ1) is 78.1. The average Bonchev–Trinajstić information content (AvgIpc) is 3.46. The summed E-state index contributed by atoms with van der Waals surface area (Å²) in [4.78, 5) is 38.0. The van der Waals surface area contributed by atoms with Gasteiger partial charge in [0.05, 0.1) is 27.7 Å². The number of nitrogens with zero attached hydrogens (tertiary/aromatic N) is 1. The highest BCUT2D eigenvalue weighted by atomic mass is 31.2. The minimum atomic E-state index is -4.65. The SMILES string of the molecule is CC/C=C\C/C=C\C/C=C\C/C=C\C/C=C\C/C=C\CCCCCCCCCCCCCCCCCCCCC(=O)OC(COC(=O)CCCCCCC/C=C\C/C=C\C/C=C\C/C=C\C/C=C\CC)COP(=O)([O-])OCC[N+](C)(C)C. The molecule has 0 aliphatic rings. The van der Waals surface area contributed by atoms with Crippen LogP contribution in [0.25, 0.3) is 0 Å². The molecule has 2 unspecified atom stereocenters. The minimum Gasteiger partial charge on any atom is -0.756 e. The molecule has 0 spiro atoms. The highest BCUT2D eigenvalue weighted by Gasteiger charge is 2.22. The van der Waals surface area contributed by atoms with Crippen molar-refractivity contribution < 1.29 is 42.1 Å². The lowest BCUT2D eigenvalue weighted by molar-refractivity contribution is -0.870. The van der Waals surface area contributed by atoms with Crippen molar-refractivity contribution in [2.45, 2.75) is 264 Å². The third-order valence-corrected chi connectivity index (χ3v) is 14.6. The maximum Gasteiger partial charge on any atom is 0.306 e. The largest absolute Gasteiger partial charge is 0.756 e. The molecule has 2 atom stereocenters. The monoisotopic (exact) mass is 1160 g/mol. The van der Waals surface area contributed by atoms with Crippen molar-refractivity contribution in [3.05, 3.63) is 134 Å². The van der Waals surface area contributed by atoms with E-state index in [2.05, 4.69) is 148 Å². The predicted molar refractivity (Wildman–Crippen MR) is 351 cm³/mol. The fraction of sp³-hybridized carbons (Fsp3) is 0.667. The molecular weight excluding hydrogens is 1040 g/mol. The van der Waals surface area contributed by atoms with Gasteiger partial charge in [-0.15, -0.1) is 0 Å². The van der Waals surface area contributed by atoms with Gasteiger partial charge in [0.1, 0.15) is 19.8 Å². The molecule has 0 N–H and O–H groups in total. The number of quaternary nitrogens is 1. The molecule has 0 aromatic carbocycles.